The maximum atomic E-state index is 4.20. The van der Waals surface area contributed by atoms with Crippen molar-refractivity contribution in [1.82, 2.24) is 14.9 Å². The van der Waals surface area contributed by atoms with Crippen molar-refractivity contribution in [1.29, 1.82) is 0 Å². The van der Waals surface area contributed by atoms with Gasteiger partial charge in [0.15, 0.2) is 0 Å². The normalized spacial score (nSPS) is 30.9. The average Bonchev–Trinajstić information content (AvgIpc) is 3.10. The molecule has 0 radical (unpaired) electrons. The molecule has 4 atom stereocenters. The zero-order valence-corrected chi connectivity index (χ0v) is 12.9. The number of fused-ring (bicyclic) bond motifs is 2. The van der Waals surface area contributed by atoms with Crippen LogP contribution in [0.5, 0.6) is 0 Å². The second kappa shape index (κ2) is 5.88. The minimum atomic E-state index is 0.490. The van der Waals surface area contributed by atoms with Crippen LogP contribution in [-0.4, -0.2) is 16.1 Å². The van der Waals surface area contributed by atoms with Crippen molar-refractivity contribution in [2.75, 3.05) is 6.54 Å². The molecule has 2 bridgehead atoms. The van der Waals surface area contributed by atoms with Crippen molar-refractivity contribution in [3.8, 4) is 0 Å². The molecule has 1 heterocycles. The third-order valence-corrected chi connectivity index (χ3v) is 6.01. The largest absolute Gasteiger partial charge is 0.309 e. The molecule has 3 nitrogen and oxygen atoms in total. The van der Waals surface area contributed by atoms with Gasteiger partial charge in [-0.05, 0) is 74.9 Å². The Morgan fingerprint density at radius 3 is 2.84 bits per heavy atom. The number of hydrogen-bond donors (Lipinski definition) is 1. The summed E-state index contributed by atoms with van der Waals surface area (Å²) in [6, 6.07) is 0.490. The third-order valence-electron chi connectivity index (χ3n) is 5.07. The minimum absolute atomic E-state index is 0.490. The lowest BCUT2D eigenvalue weighted by Gasteiger charge is -2.27. The summed E-state index contributed by atoms with van der Waals surface area (Å²) in [6.07, 6.45) is 8.45. The van der Waals surface area contributed by atoms with Gasteiger partial charge in [0.2, 0.25) is 0 Å². The maximum absolute atomic E-state index is 4.20. The lowest BCUT2D eigenvalue weighted by Crippen LogP contribution is -2.26. The van der Waals surface area contributed by atoms with E-state index in [4.69, 9.17) is 0 Å². The number of rotatable bonds is 6. The minimum Gasteiger partial charge on any atom is -0.309 e. The van der Waals surface area contributed by atoms with E-state index < -0.39 is 0 Å². The molecule has 1 N–H and O–H groups in total. The Labute approximate surface area is 120 Å². The number of nitrogens with one attached hydrogen (secondary N) is 1. The Kier molecular flexibility index (Phi) is 4.18. The molecule has 106 valence electrons. The first kappa shape index (κ1) is 13.5. The zero-order valence-electron chi connectivity index (χ0n) is 12.1. The summed E-state index contributed by atoms with van der Waals surface area (Å²) in [4.78, 5) is 1.37. The molecule has 2 aliphatic rings. The SMILES string of the molecule is CCCNC(CC1CC2CCC1C2)c1snnc1C. The smallest absolute Gasteiger partial charge is 0.0772 e. The van der Waals surface area contributed by atoms with Crippen molar-refractivity contribution in [2.24, 2.45) is 17.8 Å². The van der Waals surface area contributed by atoms with Gasteiger partial charge in [-0.2, -0.15) is 0 Å². The molecule has 1 aromatic rings. The van der Waals surface area contributed by atoms with Crippen LogP contribution in [0.3, 0.4) is 0 Å². The highest BCUT2D eigenvalue weighted by Gasteiger charge is 2.40. The van der Waals surface area contributed by atoms with Crippen molar-refractivity contribution >= 4 is 11.5 Å². The van der Waals surface area contributed by atoms with Crippen LogP contribution in [0, 0.1) is 24.7 Å². The zero-order chi connectivity index (χ0) is 13.2. The van der Waals surface area contributed by atoms with Gasteiger partial charge in [0.05, 0.1) is 10.6 Å². The summed E-state index contributed by atoms with van der Waals surface area (Å²) in [6.45, 7) is 5.43. The molecule has 2 saturated carbocycles. The van der Waals surface area contributed by atoms with Gasteiger partial charge in [0.1, 0.15) is 0 Å². The molecule has 2 aliphatic carbocycles. The summed E-state index contributed by atoms with van der Waals surface area (Å²) in [7, 11) is 0. The van der Waals surface area contributed by atoms with E-state index in [9.17, 15) is 0 Å². The van der Waals surface area contributed by atoms with Gasteiger partial charge in [-0.1, -0.05) is 17.8 Å². The molecular weight excluding hydrogens is 254 g/mol. The Hall–Kier alpha value is -0.480. The first-order valence-corrected chi connectivity index (χ1v) is 8.57. The highest BCUT2D eigenvalue weighted by molar-refractivity contribution is 7.05. The predicted octanol–water partition coefficient (Wildman–Crippen LogP) is 3.71. The van der Waals surface area contributed by atoms with Gasteiger partial charge >= 0.3 is 0 Å². The molecule has 3 rings (SSSR count). The summed E-state index contributed by atoms with van der Waals surface area (Å²) in [5.41, 5.74) is 1.13. The average molecular weight is 279 g/mol. The highest BCUT2D eigenvalue weighted by atomic mass is 32.1. The predicted molar refractivity (Wildman–Crippen MR) is 79.2 cm³/mol. The Morgan fingerprint density at radius 1 is 1.37 bits per heavy atom. The van der Waals surface area contributed by atoms with E-state index in [1.807, 2.05) is 0 Å². The van der Waals surface area contributed by atoms with Crippen LogP contribution in [0.4, 0.5) is 0 Å². The van der Waals surface area contributed by atoms with Crippen LogP contribution in [0.15, 0.2) is 0 Å². The first-order chi connectivity index (χ1) is 9.28. The second-order valence-corrected chi connectivity index (χ2v) is 7.19. The number of hydrogen-bond acceptors (Lipinski definition) is 4. The van der Waals surface area contributed by atoms with E-state index in [2.05, 4.69) is 28.8 Å². The van der Waals surface area contributed by atoms with Crippen molar-refractivity contribution in [3.63, 3.8) is 0 Å². The van der Waals surface area contributed by atoms with Crippen LogP contribution in [0.25, 0.3) is 0 Å². The number of aromatic nitrogens is 2. The quantitative estimate of drug-likeness (QED) is 0.862. The lowest BCUT2D eigenvalue weighted by molar-refractivity contribution is 0.280. The monoisotopic (exact) mass is 279 g/mol. The second-order valence-electron chi connectivity index (χ2n) is 6.40. The third kappa shape index (κ3) is 2.84. The van der Waals surface area contributed by atoms with Crippen molar-refractivity contribution in [3.05, 3.63) is 10.6 Å². The molecule has 1 aromatic heterocycles. The van der Waals surface area contributed by atoms with E-state index in [0.29, 0.717) is 6.04 Å². The molecule has 4 unspecified atom stereocenters. The summed E-state index contributed by atoms with van der Waals surface area (Å²) < 4.78 is 4.12. The van der Waals surface area contributed by atoms with E-state index in [1.54, 1.807) is 11.5 Å². The molecule has 4 heteroatoms. The fourth-order valence-corrected chi connectivity index (χ4v) is 4.86. The fourth-order valence-electron chi connectivity index (χ4n) is 4.13. The molecular formula is C15H25N3S. The van der Waals surface area contributed by atoms with E-state index in [-0.39, 0.29) is 0 Å². The van der Waals surface area contributed by atoms with Gasteiger partial charge in [-0.15, -0.1) is 5.10 Å². The van der Waals surface area contributed by atoms with Crippen LogP contribution < -0.4 is 5.32 Å². The van der Waals surface area contributed by atoms with E-state index in [1.165, 1.54) is 43.4 Å². The number of aryl methyl sites for hydroxylation is 1. The number of nitrogens with zero attached hydrogens (tertiary/aromatic N) is 2. The van der Waals surface area contributed by atoms with Crippen LogP contribution in [0.1, 0.15) is 62.1 Å². The summed E-state index contributed by atoms with van der Waals surface area (Å²) in [5, 5.41) is 7.93. The molecule has 19 heavy (non-hydrogen) atoms. The molecule has 0 spiro atoms. The van der Waals surface area contributed by atoms with E-state index in [0.717, 1.165) is 30.0 Å². The maximum Gasteiger partial charge on any atom is 0.0772 e. The van der Waals surface area contributed by atoms with Gasteiger partial charge in [-0.25, -0.2) is 0 Å². The van der Waals surface area contributed by atoms with Gasteiger partial charge < -0.3 is 5.32 Å². The topological polar surface area (TPSA) is 37.8 Å². The van der Waals surface area contributed by atoms with Crippen LogP contribution >= 0.6 is 11.5 Å². The molecule has 0 saturated heterocycles. The summed E-state index contributed by atoms with van der Waals surface area (Å²) >= 11 is 1.59. The standard InChI is InChI=1S/C15H25N3S/c1-3-6-16-14(15-10(2)17-18-19-15)9-13-8-11-4-5-12(13)7-11/h11-14,16H,3-9H2,1-2H3. The van der Waals surface area contributed by atoms with Crippen molar-refractivity contribution in [2.45, 2.75) is 58.4 Å². The van der Waals surface area contributed by atoms with Gasteiger partial charge in [-0.3, -0.25) is 0 Å². The lowest BCUT2D eigenvalue weighted by atomic mass is 9.84. The highest BCUT2D eigenvalue weighted by Crippen LogP contribution is 2.51. The Bertz CT molecular complexity index is 417. The molecule has 0 aromatic carbocycles. The Balaban J connectivity index is 1.67. The van der Waals surface area contributed by atoms with Crippen LogP contribution in [0.2, 0.25) is 0 Å². The Morgan fingerprint density at radius 2 is 2.26 bits per heavy atom. The fraction of sp³-hybridized carbons (Fsp3) is 0.867. The molecule has 0 aliphatic heterocycles. The first-order valence-electron chi connectivity index (χ1n) is 7.80. The summed E-state index contributed by atoms with van der Waals surface area (Å²) in [5.74, 6) is 2.99. The van der Waals surface area contributed by atoms with Crippen molar-refractivity contribution < 1.29 is 0 Å². The van der Waals surface area contributed by atoms with Gasteiger partial charge in [0, 0.05) is 6.04 Å². The molecule has 0 amide bonds. The molecule has 2 fully saturated rings. The van der Waals surface area contributed by atoms with Crippen LogP contribution in [-0.2, 0) is 0 Å². The van der Waals surface area contributed by atoms with Gasteiger partial charge in [0.25, 0.3) is 0 Å². The van der Waals surface area contributed by atoms with E-state index >= 15 is 0 Å².